The molecule has 3 nitrogen and oxygen atoms in total. The summed E-state index contributed by atoms with van der Waals surface area (Å²) < 4.78 is 4.79. The molecule has 0 N–H and O–H groups in total. The highest BCUT2D eigenvalue weighted by Crippen LogP contribution is 2.42. The van der Waals surface area contributed by atoms with Crippen molar-refractivity contribution < 1.29 is 0 Å². The van der Waals surface area contributed by atoms with E-state index in [0.717, 1.165) is 24.4 Å². The van der Waals surface area contributed by atoms with Crippen LogP contribution < -0.4 is 0 Å². The van der Waals surface area contributed by atoms with Crippen molar-refractivity contribution >= 4 is 55.1 Å². The van der Waals surface area contributed by atoms with Gasteiger partial charge in [0.15, 0.2) is 0 Å². The third-order valence-corrected chi connectivity index (χ3v) is 7.78. The van der Waals surface area contributed by atoms with Gasteiger partial charge in [-0.2, -0.15) is 0 Å². The number of hydrogen-bond acceptors (Lipinski definition) is 1. The normalized spacial score (nSPS) is 13.9. The van der Waals surface area contributed by atoms with Gasteiger partial charge in [-0.15, -0.1) is 0 Å². The molecule has 3 heterocycles. The van der Waals surface area contributed by atoms with Crippen LogP contribution in [-0.4, -0.2) is 14.8 Å². The molecular formula is C35H25N3. The maximum atomic E-state index is 5.28. The molecule has 5 aromatic carbocycles. The van der Waals surface area contributed by atoms with Gasteiger partial charge in [0.05, 0.1) is 27.8 Å². The largest absolute Gasteiger partial charge is 0.309 e. The van der Waals surface area contributed by atoms with Crippen LogP contribution in [0.15, 0.2) is 132 Å². The van der Waals surface area contributed by atoms with E-state index in [0.29, 0.717) is 0 Å². The quantitative estimate of drug-likeness (QED) is 0.237. The highest BCUT2D eigenvalue weighted by molar-refractivity contribution is 6.26. The number of benzene rings is 5. The van der Waals surface area contributed by atoms with Crippen LogP contribution in [0.4, 0.5) is 0 Å². The maximum absolute atomic E-state index is 5.28. The van der Waals surface area contributed by atoms with Crippen molar-refractivity contribution in [3.8, 4) is 5.69 Å². The Morgan fingerprint density at radius 1 is 0.526 bits per heavy atom. The average molecular weight is 488 g/mol. The van der Waals surface area contributed by atoms with Crippen LogP contribution in [0.1, 0.15) is 18.4 Å². The monoisotopic (exact) mass is 487 g/mol. The number of allylic oxidation sites excluding steroid dienone is 1. The molecule has 0 unspecified atom stereocenters. The second-order valence-corrected chi connectivity index (χ2v) is 9.92. The molecule has 8 rings (SSSR count). The molecule has 3 heteroatoms. The summed E-state index contributed by atoms with van der Waals surface area (Å²) in [5.74, 6) is 1.00. The second kappa shape index (κ2) is 8.32. The molecular weight excluding hydrogens is 462 g/mol. The van der Waals surface area contributed by atoms with Crippen molar-refractivity contribution in [1.29, 1.82) is 0 Å². The molecule has 0 saturated heterocycles. The van der Waals surface area contributed by atoms with E-state index in [-0.39, 0.29) is 0 Å². The van der Waals surface area contributed by atoms with Gasteiger partial charge >= 0.3 is 0 Å². The third kappa shape index (κ3) is 3.05. The molecule has 0 aliphatic carbocycles. The van der Waals surface area contributed by atoms with Gasteiger partial charge in [-0.1, -0.05) is 91.0 Å². The van der Waals surface area contributed by atoms with E-state index in [9.17, 15) is 0 Å². The lowest BCUT2D eigenvalue weighted by Gasteiger charge is -2.16. The topological polar surface area (TPSA) is 22.2 Å². The Morgan fingerprint density at radius 3 is 1.97 bits per heavy atom. The van der Waals surface area contributed by atoms with Gasteiger partial charge in [0, 0.05) is 27.2 Å². The van der Waals surface area contributed by atoms with Crippen LogP contribution in [0, 0.1) is 0 Å². The predicted octanol–water partition coefficient (Wildman–Crippen LogP) is 8.97. The Balaban J connectivity index is 1.52. The fourth-order valence-electron chi connectivity index (χ4n) is 6.16. The minimum Gasteiger partial charge on any atom is -0.309 e. The Labute approximate surface area is 220 Å². The summed E-state index contributed by atoms with van der Waals surface area (Å²) in [6.07, 6.45) is 4.22. The van der Waals surface area contributed by atoms with Crippen LogP contribution in [-0.2, 0) is 0 Å². The lowest BCUT2D eigenvalue weighted by atomic mass is 10.0. The number of hydrogen-bond donors (Lipinski definition) is 0. The zero-order valence-corrected chi connectivity index (χ0v) is 20.9. The van der Waals surface area contributed by atoms with Gasteiger partial charge in [-0.05, 0) is 54.8 Å². The summed E-state index contributed by atoms with van der Waals surface area (Å²) in [6.45, 7) is 0. The number of rotatable bonds is 3. The lowest BCUT2D eigenvalue weighted by Crippen LogP contribution is -2.08. The summed E-state index contributed by atoms with van der Waals surface area (Å²) in [5.41, 5.74) is 8.34. The van der Waals surface area contributed by atoms with Crippen molar-refractivity contribution in [3.63, 3.8) is 0 Å². The van der Waals surface area contributed by atoms with Crippen LogP contribution in [0.25, 0.3) is 55.1 Å². The molecule has 1 aliphatic heterocycles. The Morgan fingerprint density at radius 2 is 1.18 bits per heavy atom. The first-order chi connectivity index (χ1) is 18.9. The first kappa shape index (κ1) is 21.2. The summed E-state index contributed by atoms with van der Waals surface area (Å²) in [7, 11) is 0. The fraction of sp³-hybridized carbons (Fsp3) is 0.0571. The molecule has 0 bridgehead atoms. The zero-order valence-electron chi connectivity index (χ0n) is 20.9. The fourth-order valence-corrected chi connectivity index (χ4v) is 6.16. The standard InChI is InChI=1S/C35H25N3/c1-3-12-24(13-4-1)29-18-11-21-33(36-29)38-30-19-9-7-16-26(30)27-22-23-32-34(35(27)38)28-17-8-10-20-31(28)37(32)25-14-5-2-6-15-25/h1-10,12-17,19-23H,11,18H2. The highest BCUT2D eigenvalue weighted by atomic mass is 15.1. The van der Waals surface area contributed by atoms with Crippen molar-refractivity contribution in [2.75, 3.05) is 0 Å². The van der Waals surface area contributed by atoms with E-state index >= 15 is 0 Å². The van der Waals surface area contributed by atoms with Crippen molar-refractivity contribution in [3.05, 3.63) is 133 Å². The molecule has 7 aromatic rings. The maximum Gasteiger partial charge on any atom is 0.133 e. The highest BCUT2D eigenvalue weighted by Gasteiger charge is 2.22. The van der Waals surface area contributed by atoms with Gasteiger partial charge in [0.1, 0.15) is 5.82 Å². The van der Waals surface area contributed by atoms with E-state index in [2.05, 4.69) is 137 Å². The number of fused-ring (bicyclic) bond motifs is 7. The smallest absolute Gasteiger partial charge is 0.133 e. The lowest BCUT2D eigenvalue weighted by molar-refractivity contribution is 1.02. The number of nitrogens with zero attached hydrogens (tertiary/aromatic N) is 3. The summed E-state index contributed by atoms with van der Waals surface area (Å²) in [6, 6.07) is 43.3. The van der Waals surface area contributed by atoms with Crippen LogP contribution >= 0.6 is 0 Å². The molecule has 38 heavy (non-hydrogen) atoms. The number of aromatic nitrogens is 2. The molecule has 0 fully saturated rings. The van der Waals surface area contributed by atoms with Crippen LogP contribution in [0.3, 0.4) is 0 Å². The molecule has 0 amide bonds. The van der Waals surface area contributed by atoms with E-state index in [1.807, 2.05) is 0 Å². The minimum atomic E-state index is 0.952. The molecule has 1 aliphatic rings. The third-order valence-electron chi connectivity index (χ3n) is 7.78. The SMILES string of the molecule is C1=C(n2c3ccccc3c3ccc4c(c5ccccc5n4-c4ccccc4)c32)N=C(c2ccccc2)CC1. The van der Waals surface area contributed by atoms with E-state index in [4.69, 9.17) is 4.99 Å². The van der Waals surface area contributed by atoms with Gasteiger partial charge in [0.25, 0.3) is 0 Å². The Bertz CT molecular complexity index is 2060. The average Bonchev–Trinajstić information content (AvgIpc) is 3.51. The van der Waals surface area contributed by atoms with E-state index < -0.39 is 0 Å². The second-order valence-electron chi connectivity index (χ2n) is 9.92. The van der Waals surface area contributed by atoms with Gasteiger partial charge < -0.3 is 4.57 Å². The summed E-state index contributed by atoms with van der Waals surface area (Å²) in [4.78, 5) is 5.28. The zero-order chi connectivity index (χ0) is 25.1. The Kier molecular flexibility index (Phi) is 4.65. The first-order valence-electron chi connectivity index (χ1n) is 13.2. The summed E-state index contributed by atoms with van der Waals surface area (Å²) >= 11 is 0. The van der Waals surface area contributed by atoms with Gasteiger partial charge in [0.2, 0.25) is 0 Å². The number of para-hydroxylation sites is 3. The predicted molar refractivity (Wildman–Crippen MR) is 160 cm³/mol. The molecule has 0 spiro atoms. The van der Waals surface area contributed by atoms with Gasteiger partial charge in [-0.25, -0.2) is 4.99 Å². The molecule has 0 radical (unpaired) electrons. The van der Waals surface area contributed by atoms with Crippen molar-refractivity contribution in [2.45, 2.75) is 12.8 Å². The molecule has 180 valence electrons. The van der Waals surface area contributed by atoms with E-state index in [1.165, 1.54) is 54.9 Å². The summed E-state index contributed by atoms with van der Waals surface area (Å²) in [5, 5.41) is 5.03. The van der Waals surface area contributed by atoms with Crippen molar-refractivity contribution in [2.24, 2.45) is 4.99 Å². The van der Waals surface area contributed by atoms with Crippen LogP contribution in [0.2, 0.25) is 0 Å². The van der Waals surface area contributed by atoms with E-state index in [1.54, 1.807) is 0 Å². The molecule has 0 atom stereocenters. The molecule has 0 saturated carbocycles. The minimum absolute atomic E-state index is 0.952. The Hall–Kier alpha value is -4.89. The molecule has 2 aromatic heterocycles. The van der Waals surface area contributed by atoms with Crippen LogP contribution in [0.5, 0.6) is 0 Å². The first-order valence-corrected chi connectivity index (χ1v) is 13.2. The number of aliphatic imine (C=N–C) groups is 1. The van der Waals surface area contributed by atoms with Crippen molar-refractivity contribution in [1.82, 2.24) is 9.13 Å². The van der Waals surface area contributed by atoms with Gasteiger partial charge in [-0.3, -0.25) is 4.57 Å².